The van der Waals surface area contributed by atoms with Gasteiger partial charge in [0.15, 0.2) is 0 Å². The van der Waals surface area contributed by atoms with Crippen molar-refractivity contribution < 1.29 is 4.21 Å². The molecular formula is C14H15NOS. The summed E-state index contributed by atoms with van der Waals surface area (Å²) in [6, 6.07) is 13.5. The molecule has 1 aromatic carbocycles. The van der Waals surface area contributed by atoms with Gasteiger partial charge in [0.1, 0.15) is 0 Å². The fraction of sp³-hybridized carbons (Fsp3) is 0.214. The average Bonchev–Trinajstić information content (AvgIpc) is 2.39. The van der Waals surface area contributed by atoms with Gasteiger partial charge in [-0.1, -0.05) is 23.8 Å². The van der Waals surface area contributed by atoms with Crippen molar-refractivity contribution in [2.24, 2.45) is 0 Å². The number of hydrogen-bond donors (Lipinski definition) is 0. The molecule has 17 heavy (non-hydrogen) atoms. The van der Waals surface area contributed by atoms with Crippen LogP contribution in [-0.4, -0.2) is 9.19 Å². The third kappa shape index (κ3) is 2.80. The molecule has 0 spiro atoms. The van der Waals surface area contributed by atoms with Gasteiger partial charge in [0.05, 0.1) is 21.7 Å². The number of pyridine rings is 1. The number of aryl methyl sites for hydroxylation is 1. The van der Waals surface area contributed by atoms with E-state index in [-0.39, 0.29) is 5.25 Å². The zero-order valence-electron chi connectivity index (χ0n) is 9.96. The molecule has 0 aliphatic carbocycles. The van der Waals surface area contributed by atoms with Crippen molar-refractivity contribution >= 4 is 10.8 Å². The van der Waals surface area contributed by atoms with Crippen LogP contribution in [0.2, 0.25) is 0 Å². The molecule has 88 valence electrons. The number of benzene rings is 1. The van der Waals surface area contributed by atoms with Crippen molar-refractivity contribution in [2.75, 3.05) is 0 Å². The predicted octanol–water partition coefficient (Wildman–Crippen LogP) is 3.26. The Hall–Kier alpha value is -1.48. The number of rotatable bonds is 3. The largest absolute Gasteiger partial charge is 0.260 e. The quantitative estimate of drug-likeness (QED) is 0.830. The van der Waals surface area contributed by atoms with Crippen LogP contribution in [0, 0.1) is 6.92 Å². The van der Waals surface area contributed by atoms with Crippen molar-refractivity contribution in [3.05, 3.63) is 59.9 Å². The second kappa shape index (κ2) is 5.23. The lowest BCUT2D eigenvalue weighted by Crippen LogP contribution is -2.04. The first-order chi connectivity index (χ1) is 8.18. The maximum atomic E-state index is 12.3. The average molecular weight is 245 g/mol. The Kier molecular flexibility index (Phi) is 3.69. The van der Waals surface area contributed by atoms with Gasteiger partial charge in [-0.15, -0.1) is 0 Å². The lowest BCUT2D eigenvalue weighted by molar-refractivity contribution is 0.674. The summed E-state index contributed by atoms with van der Waals surface area (Å²) in [5.74, 6) is 0. The van der Waals surface area contributed by atoms with E-state index >= 15 is 0 Å². The van der Waals surface area contributed by atoms with Gasteiger partial charge >= 0.3 is 0 Å². The number of nitrogens with zero attached hydrogens (tertiary/aromatic N) is 1. The van der Waals surface area contributed by atoms with Gasteiger partial charge in [0.25, 0.3) is 0 Å². The Morgan fingerprint density at radius 3 is 2.41 bits per heavy atom. The molecule has 0 radical (unpaired) electrons. The Balaban J connectivity index is 2.23. The van der Waals surface area contributed by atoms with E-state index in [1.165, 1.54) is 5.56 Å². The molecule has 0 fully saturated rings. The Morgan fingerprint density at radius 2 is 1.82 bits per heavy atom. The Bertz CT molecular complexity index is 508. The minimum atomic E-state index is -1.05. The molecule has 0 bridgehead atoms. The van der Waals surface area contributed by atoms with Crippen LogP contribution in [-0.2, 0) is 10.8 Å². The molecule has 0 amide bonds. The molecule has 2 aromatic rings. The SMILES string of the molecule is Cc1ccc(S(=O)[C@H](C)c2ccccn2)cc1. The summed E-state index contributed by atoms with van der Waals surface area (Å²) in [6.07, 6.45) is 1.73. The highest BCUT2D eigenvalue weighted by Crippen LogP contribution is 2.23. The van der Waals surface area contributed by atoms with E-state index < -0.39 is 10.8 Å². The topological polar surface area (TPSA) is 30.0 Å². The molecule has 1 heterocycles. The molecule has 2 nitrogen and oxygen atoms in total. The zero-order chi connectivity index (χ0) is 12.3. The van der Waals surface area contributed by atoms with Gasteiger partial charge in [0.2, 0.25) is 0 Å². The second-order valence-electron chi connectivity index (χ2n) is 4.01. The minimum Gasteiger partial charge on any atom is -0.260 e. The van der Waals surface area contributed by atoms with Gasteiger partial charge < -0.3 is 0 Å². The van der Waals surface area contributed by atoms with Crippen LogP contribution < -0.4 is 0 Å². The summed E-state index contributed by atoms with van der Waals surface area (Å²) in [5, 5.41) is -0.0843. The lowest BCUT2D eigenvalue weighted by Gasteiger charge is -2.10. The Morgan fingerprint density at radius 1 is 1.12 bits per heavy atom. The molecule has 2 rings (SSSR count). The molecular weight excluding hydrogens is 230 g/mol. The first-order valence-electron chi connectivity index (χ1n) is 5.56. The molecule has 0 aliphatic heterocycles. The van der Waals surface area contributed by atoms with Gasteiger partial charge in [0, 0.05) is 11.1 Å². The van der Waals surface area contributed by atoms with Crippen LogP contribution in [0.25, 0.3) is 0 Å². The van der Waals surface area contributed by atoms with E-state index in [4.69, 9.17) is 0 Å². The van der Waals surface area contributed by atoms with E-state index in [1.807, 2.05) is 56.3 Å². The fourth-order valence-corrected chi connectivity index (χ4v) is 2.77. The normalized spacial score (nSPS) is 14.2. The van der Waals surface area contributed by atoms with Crippen LogP contribution in [0.3, 0.4) is 0 Å². The minimum absolute atomic E-state index is 0.0843. The molecule has 1 unspecified atom stereocenters. The van der Waals surface area contributed by atoms with Crippen LogP contribution in [0.4, 0.5) is 0 Å². The predicted molar refractivity (Wildman–Crippen MR) is 70.2 cm³/mol. The zero-order valence-corrected chi connectivity index (χ0v) is 10.8. The van der Waals surface area contributed by atoms with Crippen LogP contribution in [0.1, 0.15) is 23.4 Å². The highest BCUT2D eigenvalue weighted by molar-refractivity contribution is 7.85. The van der Waals surface area contributed by atoms with E-state index in [1.54, 1.807) is 6.20 Å². The summed E-state index contributed by atoms with van der Waals surface area (Å²) >= 11 is 0. The first kappa shape index (κ1) is 12.0. The summed E-state index contributed by atoms with van der Waals surface area (Å²) in [5.41, 5.74) is 2.04. The fourth-order valence-electron chi connectivity index (χ4n) is 1.60. The molecule has 2 atom stereocenters. The number of hydrogen-bond acceptors (Lipinski definition) is 2. The maximum absolute atomic E-state index is 12.3. The monoisotopic (exact) mass is 245 g/mol. The highest BCUT2D eigenvalue weighted by Gasteiger charge is 2.16. The molecule has 0 saturated heterocycles. The summed E-state index contributed by atoms with van der Waals surface area (Å²) in [4.78, 5) is 5.11. The standard InChI is InChI=1S/C14H15NOS/c1-11-6-8-13(9-7-11)17(16)12(2)14-5-3-4-10-15-14/h3-10,12H,1-2H3/t12-,17?/m1/s1. The summed E-state index contributed by atoms with van der Waals surface area (Å²) < 4.78 is 12.3. The third-order valence-electron chi connectivity index (χ3n) is 2.68. The lowest BCUT2D eigenvalue weighted by atomic mass is 10.2. The summed E-state index contributed by atoms with van der Waals surface area (Å²) in [6.45, 7) is 3.97. The smallest absolute Gasteiger partial charge is 0.0788 e. The van der Waals surface area contributed by atoms with E-state index in [0.29, 0.717) is 0 Å². The first-order valence-corrected chi connectivity index (χ1v) is 6.78. The third-order valence-corrected chi connectivity index (χ3v) is 4.30. The van der Waals surface area contributed by atoms with Crippen molar-refractivity contribution in [1.29, 1.82) is 0 Å². The van der Waals surface area contributed by atoms with Gasteiger partial charge in [-0.25, -0.2) is 0 Å². The molecule has 0 aliphatic rings. The van der Waals surface area contributed by atoms with Crippen LogP contribution in [0.15, 0.2) is 53.6 Å². The van der Waals surface area contributed by atoms with Crippen LogP contribution in [0.5, 0.6) is 0 Å². The molecule has 0 N–H and O–H groups in total. The van der Waals surface area contributed by atoms with Gasteiger partial charge in [-0.05, 0) is 38.1 Å². The highest BCUT2D eigenvalue weighted by atomic mass is 32.2. The molecule has 0 saturated carbocycles. The molecule has 3 heteroatoms. The van der Waals surface area contributed by atoms with Gasteiger partial charge in [-0.3, -0.25) is 9.19 Å². The second-order valence-corrected chi connectivity index (χ2v) is 5.78. The van der Waals surface area contributed by atoms with Crippen molar-refractivity contribution in [3.8, 4) is 0 Å². The maximum Gasteiger partial charge on any atom is 0.0788 e. The van der Waals surface area contributed by atoms with Gasteiger partial charge in [-0.2, -0.15) is 0 Å². The Labute approximate surface area is 104 Å². The van der Waals surface area contributed by atoms with E-state index in [2.05, 4.69) is 4.98 Å². The summed E-state index contributed by atoms with van der Waals surface area (Å²) in [7, 11) is -1.05. The number of aromatic nitrogens is 1. The molecule has 1 aromatic heterocycles. The van der Waals surface area contributed by atoms with Crippen molar-refractivity contribution in [1.82, 2.24) is 4.98 Å². The van der Waals surface area contributed by atoms with Crippen molar-refractivity contribution in [3.63, 3.8) is 0 Å². The van der Waals surface area contributed by atoms with Crippen LogP contribution >= 0.6 is 0 Å². The van der Waals surface area contributed by atoms with E-state index in [0.717, 1.165) is 10.6 Å². The van der Waals surface area contributed by atoms with E-state index in [9.17, 15) is 4.21 Å². The van der Waals surface area contributed by atoms with Crippen molar-refractivity contribution in [2.45, 2.75) is 24.0 Å².